The molecule has 0 bridgehead atoms. The summed E-state index contributed by atoms with van der Waals surface area (Å²) in [6, 6.07) is 12.2. The molecule has 0 heterocycles. The number of hydrogen-bond acceptors (Lipinski definition) is 1. The van der Waals surface area contributed by atoms with Crippen LogP contribution in [0.2, 0.25) is 0 Å². The molecule has 4 heteroatoms. The van der Waals surface area contributed by atoms with Crippen molar-refractivity contribution in [1.29, 1.82) is 0 Å². The van der Waals surface area contributed by atoms with Gasteiger partial charge in [0.05, 0.1) is 4.47 Å². The Labute approximate surface area is 116 Å². The Morgan fingerprint density at radius 2 is 1.71 bits per heavy atom. The third-order valence-electron chi connectivity index (χ3n) is 2.20. The molecule has 0 amide bonds. The van der Waals surface area contributed by atoms with Crippen molar-refractivity contribution in [3.8, 4) is 5.75 Å². The van der Waals surface area contributed by atoms with Gasteiger partial charge in [0, 0.05) is 4.47 Å². The lowest BCUT2D eigenvalue weighted by atomic mass is 10.2. The van der Waals surface area contributed by atoms with Gasteiger partial charge in [0.15, 0.2) is 0 Å². The van der Waals surface area contributed by atoms with E-state index in [1.807, 2.05) is 24.3 Å². The minimum Gasteiger partial charge on any atom is -0.488 e. The first kappa shape index (κ1) is 12.6. The monoisotopic (exact) mass is 358 g/mol. The molecule has 0 unspecified atom stereocenters. The van der Waals surface area contributed by atoms with E-state index < -0.39 is 0 Å². The lowest BCUT2D eigenvalue weighted by Gasteiger charge is -2.08. The minimum atomic E-state index is -0.284. The van der Waals surface area contributed by atoms with Gasteiger partial charge in [0.25, 0.3) is 0 Å². The standard InChI is InChI=1S/C13H9Br2FO/c14-10-3-1-9(2-4-10)8-17-13-6-5-11(16)7-12(13)15/h1-7H,8H2. The van der Waals surface area contributed by atoms with Crippen LogP contribution in [0.3, 0.4) is 0 Å². The van der Waals surface area contributed by atoms with Gasteiger partial charge in [0.2, 0.25) is 0 Å². The zero-order chi connectivity index (χ0) is 12.3. The molecule has 1 nitrogen and oxygen atoms in total. The van der Waals surface area contributed by atoms with Gasteiger partial charge in [-0.3, -0.25) is 0 Å². The highest BCUT2D eigenvalue weighted by Crippen LogP contribution is 2.26. The van der Waals surface area contributed by atoms with Gasteiger partial charge in [-0.2, -0.15) is 0 Å². The molecule has 0 spiro atoms. The highest BCUT2D eigenvalue weighted by atomic mass is 79.9. The summed E-state index contributed by atoms with van der Waals surface area (Å²) in [5, 5.41) is 0. The van der Waals surface area contributed by atoms with Gasteiger partial charge in [0.1, 0.15) is 18.2 Å². The van der Waals surface area contributed by atoms with Crippen LogP contribution in [0.1, 0.15) is 5.56 Å². The number of rotatable bonds is 3. The van der Waals surface area contributed by atoms with Crippen molar-refractivity contribution in [3.63, 3.8) is 0 Å². The summed E-state index contributed by atoms with van der Waals surface area (Å²) in [5.41, 5.74) is 1.06. The summed E-state index contributed by atoms with van der Waals surface area (Å²) in [6.07, 6.45) is 0. The van der Waals surface area contributed by atoms with Crippen LogP contribution in [0, 0.1) is 5.82 Å². The molecule has 0 aliphatic rings. The van der Waals surface area contributed by atoms with E-state index in [4.69, 9.17) is 4.74 Å². The normalized spacial score (nSPS) is 10.3. The summed E-state index contributed by atoms with van der Waals surface area (Å²) in [5.74, 6) is 0.349. The maximum absolute atomic E-state index is 12.9. The average molecular weight is 360 g/mol. The summed E-state index contributed by atoms with van der Waals surface area (Å²) >= 11 is 6.63. The van der Waals surface area contributed by atoms with E-state index in [-0.39, 0.29) is 5.82 Å². The van der Waals surface area contributed by atoms with E-state index in [1.165, 1.54) is 12.1 Å². The van der Waals surface area contributed by atoms with Crippen LogP contribution in [0.4, 0.5) is 4.39 Å². The first-order valence-electron chi connectivity index (χ1n) is 4.97. The SMILES string of the molecule is Fc1ccc(OCc2ccc(Br)cc2)c(Br)c1. The zero-order valence-electron chi connectivity index (χ0n) is 8.79. The predicted octanol–water partition coefficient (Wildman–Crippen LogP) is 4.93. The van der Waals surface area contributed by atoms with Crippen LogP contribution in [0.25, 0.3) is 0 Å². The third kappa shape index (κ3) is 3.54. The Morgan fingerprint density at radius 1 is 1.00 bits per heavy atom. The second-order valence-corrected chi connectivity index (χ2v) is 5.26. The Morgan fingerprint density at radius 3 is 2.35 bits per heavy atom. The second kappa shape index (κ2) is 5.65. The fraction of sp³-hybridized carbons (Fsp3) is 0.0769. The second-order valence-electron chi connectivity index (χ2n) is 3.49. The Kier molecular flexibility index (Phi) is 4.18. The van der Waals surface area contributed by atoms with Gasteiger partial charge < -0.3 is 4.74 Å². The van der Waals surface area contributed by atoms with Gasteiger partial charge in [-0.15, -0.1) is 0 Å². The first-order valence-corrected chi connectivity index (χ1v) is 6.56. The molecular weight excluding hydrogens is 351 g/mol. The molecule has 2 aromatic rings. The van der Waals surface area contributed by atoms with Crippen molar-refractivity contribution in [1.82, 2.24) is 0 Å². The Hall–Kier alpha value is -0.870. The first-order chi connectivity index (χ1) is 8.15. The summed E-state index contributed by atoms with van der Waals surface area (Å²) in [6.45, 7) is 0.456. The molecule has 0 aliphatic heterocycles. The summed E-state index contributed by atoms with van der Waals surface area (Å²) < 4.78 is 20.1. The smallest absolute Gasteiger partial charge is 0.134 e. The van der Waals surface area contributed by atoms with Gasteiger partial charge in [-0.05, 0) is 51.8 Å². The lowest BCUT2D eigenvalue weighted by molar-refractivity contribution is 0.303. The van der Waals surface area contributed by atoms with Crippen LogP contribution in [-0.2, 0) is 6.61 Å². The Balaban J connectivity index is 2.04. The van der Waals surface area contributed by atoms with Crippen LogP contribution < -0.4 is 4.74 Å². The fourth-order valence-corrected chi connectivity index (χ4v) is 2.06. The molecule has 2 rings (SSSR count). The lowest BCUT2D eigenvalue weighted by Crippen LogP contribution is -1.96. The molecule has 0 saturated heterocycles. The van der Waals surface area contributed by atoms with E-state index in [0.29, 0.717) is 16.8 Å². The number of halogens is 3. The van der Waals surface area contributed by atoms with Crippen LogP contribution in [0.5, 0.6) is 5.75 Å². The number of ether oxygens (including phenoxy) is 1. The largest absolute Gasteiger partial charge is 0.488 e. The molecule has 0 radical (unpaired) electrons. The van der Waals surface area contributed by atoms with Crippen LogP contribution in [0.15, 0.2) is 51.4 Å². The molecule has 0 aromatic heterocycles. The highest BCUT2D eigenvalue weighted by molar-refractivity contribution is 9.10. The maximum Gasteiger partial charge on any atom is 0.134 e. The van der Waals surface area contributed by atoms with Crippen molar-refractivity contribution in [2.24, 2.45) is 0 Å². The average Bonchev–Trinajstić information content (AvgIpc) is 2.30. The zero-order valence-corrected chi connectivity index (χ0v) is 12.0. The van der Waals surface area contributed by atoms with Crippen molar-refractivity contribution in [2.45, 2.75) is 6.61 Å². The van der Waals surface area contributed by atoms with Gasteiger partial charge in [-0.1, -0.05) is 28.1 Å². The van der Waals surface area contributed by atoms with Crippen molar-refractivity contribution >= 4 is 31.9 Å². The van der Waals surface area contributed by atoms with E-state index in [1.54, 1.807) is 6.07 Å². The van der Waals surface area contributed by atoms with Crippen LogP contribution >= 0.6 is 31.9 Å². The topological polar surface area (TPSA) is 9.23 Å². The molecule has 0 aliphatic carbocycles. The predicted molar refractivity (Wildman–Crippen MR) is 72.6 cm³/mol. The quantitative estimate of drug-likeness (QED) is 0.754. The third-order valence-corrected chi connectivity index (χ3v) is 3.35. The molecular formula is C13H9Br2FO. The van der Waals surface area contributed by atoms with Crippen molar-refractivity contribution in [2.75, 3.05) is 0 Å². The van der Waals surface area contributed by atoms with E-state index in [0.717, 1.165) is 10.0 Å². The molecule has 17 heavy (non-hydrogen) atoms. The fourth-order valence-electron chi connectivity index (χ4n) is 1.33. The Bertz CT molecular complexity index is 511. The number of benzene rings is 2. The molecule has 0 atom stereocenters. The number of hydrogen-bond donors (Lipinski definition) is 0. The molecule has 88 valence electrons. The van der Waals surface area contributed by atoms with Crippen molar-refractivity contribution < 1.29 is 9.13 Å². The molecule has 2 aromatic carbocycles. The summed E-state index contributed by atoms with van der Waals surface area (Å²) in [7, 11) is 0. The molecule has 0 N–H and O–H groups in total. The highest BCUT2D eigenvalue weighted by Gasteiger charge is 2.02. The molecule has 0 fully saturated rings. The van der Waals surface area contributed by atoms with E-state index in [2.05, 4.69) is 31.9 Å². The molecule has 0 saturated carbocycles. The van der Waals surface area contributed by atoms with Crippen LogP contribution in [-0.4, -0.2) is 0 Å². The van der Waals surface area contributed by atoms with E-state index >= 15 is 0 Å². The minimum absolute atomic E-state index is 0.284. The van der Waals surface area contributed by atoms with Gasteiger partial charge in [-0.25, -0.2) is 4.39 Å². The van der Waals surface area contributed by atoms with Gasteiger partial charge >= 0.3 is 0 Å². The summed E-state index contributed by atoms with van der Waals surface area (Å²) in [4.78, 5) is 0. The van der Waals surface area contributed by atoms with E-state index in [9.17, 15) is 4.39 Å². The van der Waals surface area contributed by atoms with Crippen molar-refractivity contribution in [3.05, 3.63) is 62.8 Å². The maximum atomic E-state index is 12.9.